The third kappa shape index (κ3) is 3.15. The second-order valence-corrected chi connectivity index (χ2v) is 8.51. The second kappa shape index (κ2) is 6.66. The molecular formula is C19H20N4O2S. The average Bonchev–Trinajstić information content (AvgIpc) is 3.32. The van der Waals surface area contributed by atoms with E-state index in [9.17, 15) is 8.42 Å². The molecule has 26 heavy (non-hydrogen) atoms. The van der Waals surface area contributed by atoms with Crippen molar-refractivity contribution in [3.05, 3.63) is 66.4 Å². The standard InChI is InChI=1S/C19H20N4O2S/c1-15-6-5-9-18(12-15)26(24,25)22-11-10-17(13-22)23-14-19(20-21-23)16-7-3-2-4-8-16/h2-9,12,14,17H,10-11,13H2,1H3. The van der Waals surface area contributed by atoms with E-state index in [-0.39, 0.29) is 6.04 Å². The van der Waals surface area contributed by atoms with Crippen LogP contribution in [0.1, 0.15) is 18.0 Å². The Labute approximate surface area is 153 Å². The first-order valence-electron chi connectivity index (χ1n) is 8.58. The van der Waals surface area contributed by atoms with E-state index in [1.165, 1.54) is 4.31 Å². The molecular weight excluding hydrogens is 348 g/mol. The van der Waals surface area contributed by atoms with E-state index in [4.69, 9.17) is 0 Å². The van der Waals surface area contributed by atoms with Gasteiger partial charge in [0, 0.05) is 18.7 Å². The van der Waals surface area contributed by atoms with Crippen molar-refractivity contribution in [2.45, 2.75) is 24.3 Å². The number of hydrogen-bond acceptors (Lipinski definition) is 4. The van der Waals surface area contributed by atoms with E-state index in [2.05, 4.69) is 10.3 Å². The summed E-state index contributed by atoms with van der Waals surface area (Å²) in [5.74, 6) is 0. The molecule has 1 unspecified atom stereocenters. The van der Waals surface area contributed by atoms with Crippen LogP contribution in [0.25, 0.3) is 11.3 Å². The Morgan fingerprint density at radius 2 is 1.88 bits per heavy atom. The molecule has 1 aliphatic rings. The van der Waals surface area contributed by atoms with Crippen LogP contribution in [0, 0.1) is 6.92 Å². The lowest BCUT2D eigenvalue weighted by Crippen LogP contribution is -2.29. The molecule has 1 saturated heterocycles. The number of aromatic nitrogens is 3. The molecule has 3 aromatic rings. The predicted molar refractivity (Wildman–Crippen MR) is 99.0 cm³/mol. The molecule has 0 bridgehead atoms. The molecule has 0 spiro atoms. The molecule has 134 valence electrons. The normalized spacial score (nSPS) is 18.3. The summed E-state index contributed by atoms with van der Waals surface area (Å²) in [7, 11) is -3.48. The summed E-state index contributed by atoms with van der Waals surface area (Å²) >= 11 is 0. The highest BCUT2D eigenvalue weighted by molar-refractivity contribution is 7.89. The van der Waals surface area contributed by atoms with Gasteiger partial charge in [0.2, 0.25) is 10.0 Å². The first kappa shape index (κ1) is 16.9. The maximum atomic E-state index is 12.9. The minimum Gasteiger partial charge on any atom is -0.247 e. The molecule has 2 heterocycles. The Morgan fingerprint density at radius 3 is 2.65 bits per heavy atom. The fourth-order valence-corrected chi connectivity index (χ4v) is 4.86. The molecule has 1 aromatic heterocycles. The van der Waals surface area contributed by atoms with Crippen LogP contribution in [0.4, 0.5) is 0 Å². The lowest BCUT2D eigenvalue weighted by Gasteiger charge is -2.17. The Kier molecular flexibility index (Phi) is 4.34. The van der Waals surface area contributed by atoms with Crippen LogP contribution in [0.5, 0.6) is 0 Å². The van der Waals surface area contributed by atoms with Crippen molar-refractivity contribution in [1.29, 1.82) is 0 Å². The first-order chi connectivity index (χ1) is 12.5. The summed E-state index contributed by atoms with van der Waals surface area (Å²) < 4.78 is 29.1. The van der Waals surface area contributed by atoms with Gasteiger partial charge in [0.1, 0.15) is 5.69 Å². The van der Waals surface area contributed by atoms with Crippen molar-refractivity contribution in [1.82, 2.24) is 19.3 Å². The summed E-state index contributed by atoms with van der Waals surface area (Å²) in [5, 5.41) is 8.46. The molecule has 7 heteroatoms. The van der Waals surface area contributed by atoms with Crippen molar-refractivity contribution in [3.63, 3.8) is 0 Å². The number of sulfonamides is 1. The van der Waals surface area contributed by atoms with Crippen LogP contribution >= 0.6 is 0 Å². The van der Waals surface area contributed by atoms with Gasteiger partial charge >= 0.3 is 0 Å². The van der Waals surface area contributed by atoms with Gasteiger partial charge in [-0.15, -0.1) is 5.10 Å². The number of aryl methyl sites for hydroxylation is 1. The molecule has 4 rings (SSSR count). The van der Waals surface area contributed by atoms with Gasteiger partial charge in [-0.3, -0.25) is 0 Å². The minimum atomic E-state index is -3.48. The predicted octanol–water partition coefficient (Wildman–Crippen LogP) is 2.89. The molecule has 0 saturated carbocycles. The maximum Gasteiger partial charge on any atom is 0.243 e. The molecule has 6 nitrogen and oxygen atoms in total. The van der Waals surface area contributed by atoms with Gasteiger partial charge < -0.3 is 0 Å². The van der Waals surface area contributed by atoms with Gasteiger partial charge in [-0.05, 0) is 31.0 Å². The number of nitrogens with zero attached hydrogens (tertiary/aromatic N) is 4. The summed E-state index contributed by atoms with van der Waals surface area (Å²) in [5.41, 5.74) is 2.73. The summed E-state index contributed by atoms with van der Waals surface area (Å²) in [6, 6.07) is 16.9. The van der Waals surface area contributed by atoms with Crippen molar-refractivity contribution in [2.24, 2.45) is 0 Å². The average molecular weight is 368 g/mol. The topological polar surface area (TPSA) is 68.1 Å². The Morgan fingerprint density at radius 1 is 1.08 bits per heavy atom. The van der Waals surface area contributed by atoms with Crippen LogP contribution in [-0.4, -0.2) is 40.8 Å². The molecule has 1 aliphatic heterocycles. The highest BCUT2D eigenvalue weighted by atomic mass is 32.2. The lowest BCUT2D eigenvalue weighted by atomic mass is 10.2. The molecule has 0 aliphatic carbocycles. The fourth-order valence-electron chi connectivity index (χ4n) is 3.27. The Bertz CT molecular complexity index is 1010. The highest BCUT2D eigenvalue weighted by Crippen LogP contribution is 2.28. The minimum absolute atomic E-state index is 0.000420. The fraction of sp³-hybridized carbons (Fsp3) is 0.263. The third-order valence-corrected chi connectivity index (χ3v) is 6.57. The Balaban J connectivity index is 1.53. The van der Waals surface area contributed by atoms with Crippen LogP contribution in [-0.2, 0) is 10.0 Å². The van der Waals surface area contributed by atoms with E-state index >= 15 is 0 Å². The monoisotopic (exact) mass is 368 g/mol. The lowest BCUT2D eigenvalue weighted by molar-refractivity contribution is 0.428. The van der Waals surface area contributed by atoms with E-state index < -0.39 is 10.0 Å². The third-order valence-electron chi connectivity index (χ3n) is 4.71. The maximum absolute atomic E-state index is 12.9. The van der Waals surface area contributed by atoms with Gasteiger partial charge in [0.05, 0.1) is 17.1 Å². The van der Waals surface area contributed by atoms with Crippen LogP contribution in [0.3, 0.4) is 0 Å². The van der Waals surface area contributed by atoms with E-state index in [0.717, 1.165) is 23.2 Å². The van der Waals surface area contributed by atoms with E-state index in [1.807, 2.05) is 49.5 Å². The van der Waals surface area contributed by atoms with Crippen LogP contribution < -0.4 is 0 Å². The number of hydrogen-bond donors (Lipinski definition) is 0. The number of benzene rings is 2. The molecule has 0 radical (unpaired) electrons. The van der Waals surface area contributed by atoms with Gasteiger partial charge in [-0.1, -0.05) is 47.7 Å². The van der Waals surface area contributed by atoms with Crippen molar-refractivity contribution >= 4 is 10.0 Å². The zero-order chi connectivity index (χ0) is 18.1. The zero-order valence-corrected chi connectivity index (χ0v) is 15.3. The van der Waals surface area contributed by atoms with E-state index in [0.29, 0.717) is 18.0 Å². The molecule has 2 aromatic carbocycles. The summed E-state index contributed by atoms with van der Waals surface area (Å²) in [6.45, 7) is 2.79. The second-order valence-electron chi connectivity index (χ2n) is 6.57. The van der Waals surface area contributed by atoms with Crippen molar-refractivity contribution < 1.29 is 8.42 Å². The molecule has 0 N–H and O–H groups in total. The molecule has 1 atom stereocenters. The molecule has 1 fully saturated rings. The quantitative estimate of drug-likeness (QED) is 0.710. The SMILES string of the molecule is Cc1cccc(S(=O)(=O)N2CCC(n3cc(-c4ccccc4)nn3)C2)c1. The van der Waals surface area contributed by atoms with Gasteiger partial charge in [-0.2, -0.15) is 4.31 Å². The van der Waals surface area contributed by atoms with Crippen molar-refractivity contribution in [2.75, 3.05) is 13.1 Å². The van der Waals surface area contributed by atoms with Gasteiger partial charge in [-0.25, -0.2) is 13.1 Å². The number of rotatable bonds is 4. The van der Waals surface area contributed by atoms with Crippen LogP contribution in [0.2, 0.25) is 0 Å². The van der Waals surface area contributed by atoms with Crippen molar-refractivity contribution in [3.8, 4) is 11.3 Å². The van der Waals surface area contributed by atoms with Gasteiger partial charge in [0.15, 0.2) is 0 Å². The molecule has 0 amide bonds. The summed E-state index contributed by atoms with van der Waals surface area (Å²) in [4.78, 5) is 0.349. The van der Waals surface area contributed by atoms with E-state index in [1.54, 1.807) is 22.9 Å². The van der Waals surface area contributed by atoms with Crippen LogP contribution in [0.15, 0.2) is 65.7 Å². The highest BCUT2D eigenvalue weighted by Gasteiger charge is 2.34. The first-order valence-corrected chi connectivity index (χ1v) is 10.0. The smallest absolute Gasteiger partial charge is 0.243 e. The largest absolute Gasteiger partial charge is 0.247 e. The van der Waals surface area contributed by atoms with Gasteiger partial charge in [0.25, 0.3) is 0 Å². The Hall–Kier alpha value is -2.51. The zero-order valence-electron chi connectivity index (χ0n) is 14.5. The summed E-state index contributed by atoms with van der Waals surface area (Å²) in [6.07, 6.45) is 2.62.